The van der Waals surface area contributed by atoms with Gasteiger partial charge in [-0.1, -0.05) is 176 Å². The largest absolute Gasteiger partial charge is 0.309 e. The molecule has 0 saturated carbocycles. The molecule has 0 aliphatic rings. The molecule has 0 fully saturated rings. The quantitative estimate of drug-likeness (QED) is 0.160. The van der Waals surface area contributed by atoms with Crippen LogP contribution in [0.4, 0.5) is 17.1 Å². The molecule has 1 aromatic heterocycles. The molecule has 0 atom stereocenters. The van der Waals surface area contributed by atoms with Crippen molar-refractivity contribution in [2.24, 2.45) is 0 Å². The van der Waals surface area contributed by atoms with Crippen LogP contribution in [0.2, 0.25) is 0 Å². The molecule has 254 valence electrons. The van der Waals surface area contributed by atoms with Crippen molar-refractivity contribution in [3.63, 3.8) is 0 Å². The van der Waals surface area contributed by atoms with Crippen molar-refractivity contribution >= 4 is 59.3 Å². The smallest absolute Gasteiger partial charge is 0.0640 e. The van der Waals surface area contributed by atoms with E-state index in [1.54, 1.807) is 0 Å². The van der Waals surface area contributed by atoms with Gasteiger partial charge in [-0.05, 0) is 91.7 Å². The number of rotatable bonds is 7. The molecule has 9 aromatic carbocycles. The highest BCUT2D eigenvalue weighted by atomic mass is 32.1. The summed E-state index contributed by atoms with van der Waals surface area (Å²) in [5.41, 5.74) is 13.2. The highest BCUT2D eigenvalue weighted by molar-refractivity contribution is 7.26. The number of benzene rings is 9. The third-order valence-corrected chi connectivity index (χ3v) is 11.7. The molecule has 1 nitrogen and oxygen atoms in total. The van der Waals surface area contributed by atoms with Crippen molar-refractivity contribution < 1.29 is 0 Å². The second-order valence-electron chi connectivity index (χ2n) is 13.7. The van der Waals surface area contributed by atoms with Crippen LogP contribution in [0.15, 0.2) is 212 Å². The summed E-state index contributed by atoms with van der Waals surface area (Å²) in [6, 6.07) is 77.0. The Morgan fingerprint density at radius 2 is 0.759 bits per heavy atom. The van der Waals surface area contributed by atoms with Gasteiger partial charge in [0.2, 0.25) is 0 Å². The summed E-state index contributed by atoms with van der Waals surface area (Å²) in [6.45, 7) is 0. The second kappa shape index (κ2) is 13.7. The van der Waals surface area contributed by atoms with E-state index >= 15 is 0 Å². The lowest BCUT2D eigenvalue weighted by Crippen LogP contribution is -2.10. The van der Waals surface area contributed by atoms with Crippen LogP contribution in [-0.2, 0) is 0 Å². The highest BCUT2D eigenvalue weighted by Crippen LogP contribution is 2.46. The van der Waals surface area contributed by atoms with E-state index in [2.05, 4.69) is 217 Å². The summed E-state index contributed by atoms with van der Waals surface area (Å²) in [7, 11) is 0. The van der Waals surface area contributed by atoms with E-state index in [-0.39, 0.29) is 0 Å². The Labute approximate surface area is 319 Å². The van der Waals surface area contributed by atoms with Gasteiger partial charge in [0.15, 0.2) is 0 Å². The molecule has 0 spiro atoms. The molecule has 10 aromatic rings. The molecule has 0 bridgehead atoms. The summed E-state index contributed by atoms with van der Waals surface area (Å²) in [4.78, 5) is 2.42. The van der Waals surface area contributed by atoms with Gasteiger partial charge in [-0.25, -0.2) is 0 Å². The zero-order chi connectivity index (χ0) is 35.8. The summed E-state index contributed by atoms with van der Waals surface area (Å²) in [5.74, 6) is 0. The Bertz CT molecular complexity index is 2880. The fourth-order valence-corrected chi connectivity index (χ4v) is 9.06. The summed E-state index contributed by atoms with van der Waals surface area (Å²) >= 11 is 1.86. The average molecular weight is 706 g/mol. The van der Waals surface area contributed by atoms with E-state index < -0.39 is 0 Å². The molecule has 0 amide bonds. The predicted octanol–water partition coefficient (Wildman–Crippen LogP) is 15.3. The van der Waals surface area contributed by atoms with E-state index in [0.29, 0.717) is 0 Å². The zero-order valence-corrected chi connectivity index (χ0v) is 30.4. The lowest BCUT2D eigenvalue weighted by molar-refractivity contribution is 1.30. The van der Waals surface area contributed by atoms with Crippen molar-refractivity contribution in [2.45, 2.75) is 0 Å². The van der Waals surface area contributed by atoms with Crippen LogP contribution < -0.4 is 4.90 Å². The maximum Gasteiger partial charge on any atom is 0.0640 e. The molecule has 2 heteroatoms. The van der Waals surface area contributed by atoms with Crippen molar-refractivity contribution in [3.8, 4) is 44.5 Å². The molecule has 54 heavy (non-hydrogen) atoms. The van der Waals surface area contributed by atoms with Gasteiger partial charge in [0.1, 0.15) is 0 Å². The third kappa shape index (κ3) is 5.74. The van der Waals surface area contributed by atoms with Gasteiger partial charge >= 0.3 is 0 Å². The van der Waals surface area contributed by atoms with Crippen molar-refractivity contribution in [2.75, 3.05) is 4.90 Å². The first-order valence-corrected chi connectivity index (χ1v) is 19.2. The number of hydrogen-bond acceptors (Lipinski definition) is 2. The maximum absolute atomic E-state index is 2.42. The molecule has 1 heterocycles. The van der Waals surface area contributed by atoms with Crippen LogP contribution in [0.5, 0.6) is 0 Å². The molecule has 0 aliphatic heterocycles. The first-order valence-electron chi connectivity index (χ1n) is 18.4. The third-order valence-electron chi connectivity index (χ3n) is 10.5. The number of hydrogen-bond donors (Lipinski definition) is 0. The normalized spacial score (nSPS) is 11.3. The van der Waals surface area contributed by atoms with Crippen LogP contribution in [0, 0.1) is 0 Å². The second-order valence-corrected chi connectivity index (χ2v) is 14.8. The van der Waals surface area contributed by atoms with Crippen LogP contribution in [0.3, 0.4) is 0 Å². The van der Waals surface area contributed by atoms with E-state index in [1.165, 1.54) is 81.1 Å². The molecule has 0 saturated heterocycles. The Morgan fingerprint density at radius 1 is 0.315 bits per heavy atom. The van der Waals surface area contributed by atoms with E-state index in [1.807, 2.05) is 11.3 Å². The first-order chi connectivity index (χ1) is 26.8. The van der Waals surface area contributed by atoms with Crippen LogP contribution in [0.25, 0.3) is 75.5 Å². The summed E-state index contributed by atoms with van der Waals surface area (Å²) in [5, 5.41) is 5.10. The molecule has 0 aliphatic carbocycles. The minimum Gasteiger partial charge on any atom is -0.309 e. The SMILES string of the molecule is c1ccc(-c2ccc(-c3ccc(N(c4ccc(-c5cccc6cccc(-c7ccccc7)c56)cc4)c4cccc5c4sc4ccccc45)cc3)cc2)cc1. The van der Waals surface area contributed by atoms with Gasteiger partial charge < -0.3 is 4.90 Å². The van der Waals surface area contributed by atoms with Gasteiger partial charge in [0.05, 0.1) is 10.4 Å². The lowest BCUT2D eigenvalue weighted by atomic mass is 9.91. The Balaban J connectivity index is 1.08. The van der Waals surface area contributed by atoms with Gasteiger partial charge in [0, 0.05) is 26.8 Å². The Kier molecular flexibility index (Phi) is 8.09. The fourth-order valence-electron chi connectivity index (χ4n) is 7.85. The topological polar surface area (TPSA) is 3.24 Å². The standard InChI is InChI=1S/C52H35NS/c1-3-12-36(13-4-1)37-24-26-38(27-25-37)39-28-32-43(33-29-39)53(49-22-11-21-48-47-18-7-8-23-50(47)54-52(48)49)44-34-30-41(31-35-44)46-20-10-17-42-16-9-19-45(51(42)46)40-14-5-2-6-15-40/h1-35H. The Morgan fingerprint density at radius 3 is 1.37 bits per heavy atom. The van der Waals surface area contributed by atoms with Gasteiger partial charge in [-0.2, -0.15) is 0 Å². The summed E-state index contributed by atoms with van der Waals surface area (Å²) in [6.07, 6.45) is 0. The minimum absolute atomic E-state index is 1.12. The number of anilines is 3. The van der Waals surface area contributed by atoms with Gasteiger partial charge in [-0.3, -0.25) is 0 Å². The predicted molar refractivity (Wildman–Crippen MR) is 233 cm³/mol. The van der Waals surface area contributed by atoms with Gasteiger partial charge in [-0.15, -0.1) is 11.3 Å². The minimum atomic E-state index is 1.12. The molecular weight excluding hydrogens is 671 g/mol. The molecule has 0 radical (unpaired) electrons. The lowest BCUT2D eigenvalue weighted by Gasteiger charge is -2.26. The highest BCUT2D eigenvalue weighted by Gasteiger charge is 2.19. The maximum atomic E-state index is 2.42. The average Bonchev–Trinajstić information content (AvgIpc) is 3.64. The van der Waals surface area contributed by atoms with Crippen LogP contribution in [-0.4, -0.2) is 0 Å². The first kappa shape index (κ1) is 32.0. The number of thiophene rings is 1. The van der Waals surface area contributed by atoms with Crippen molar-refractivity contribution in [3.05, 3.63) is 212 Å². The zero-order valence-electron chi connectivity index (χ0n) is 29.6. The molecular formula is C52H35NS. The number of fused-ring (bicyclic) bond motifs is 4. The molecule has 0 unspecified atom stereocenters. The van der Waals surface area contributed by atoms with Crippen molar-refractivity contribution in [1.29, 1.82) is 0 Å². The van der Waals surface area contributed by atoms with E-state index in [0.717, 1.165) is 11.4 Å². The van der Waals surface area contributed by atoms with Gasteiger partial charge in [0.25, 0.3) is 0 Å². The van der Waals surface area contributed by atoms with E-state index in [9.17, 15) is 0 Å². The monoisotopic (exact) mass is 705 g/mol. The molecule has 10 rings (SSSR count). The van der Waals surface area contributed by atoms with Crippen LogP contribution in [0.1, 0.15) is 0 Å². The van der Waals surface area contributed by atoms with E-state index in [4.69, 9.17) is 0 Å². The Hall–Kier alpha value is -6.74. The number of nitrogens with zero attached hydrogens (tertiary/aromatic N) is 1. The summed E-state index contributed by atoms with van der Waals surface area (Å²) < 4.78 is 2.58. The molecule has 0 N–H and O–H groups in total. The van der Waals surface area contributed by atoms with Crippen molar-refractivity contribution in [1.82, 2.24) is 0 Å². The van der Waals surface area contributed by atoms with Crippen LogP contribution >= 0.6 is 11.3 Å². The fraction of sp³-hybridized carbons (Fsp3) is 0.